The van der Waals surface area contributed by atoms with Gasteiger partial charge in [0.1, 0.15) is 0 Å². The van der Waals surface area contributed by atoms with Crippen LogP contribution in [0.1, 0.15) is 34.8 Å². The molecule has 2 aromatic rings. The average Bonchev–Trinajstić information content (AvgIpc) is 3.35. The van der Waals surface area contributed by atoms with E-state index in [0.29, 0.717) is 42.5 Å². The van der Waals surface area contributed by atoms with Gasteiger partial charge in [-0.25, -0.2) is 0 Å². The number of carbonyl (C=O) groups excluding carboxylic acids is 1. The molecular weight excluding hydrogens is 573 g/mol. The van der Waals surface area contributed by atoms with Crippen LogP contribution < -0.4 is 15.5 Å². The highest BCUT2D eigenvalue weighted by molar-refractivity contribution is 9.09. The Kier molecular flexibility index (Phi) is 11.5. The van der Waals surface area contributed by atoms with Crippen molar-refractivity contribution < 1.29 is 22.7 Å². The topological polar surface area (TPSA) is 56.8 Å². The van der Waals surface area contributed by atoms with Crippen molar-refractivity contribution in [2.45, 2.75) is 32.6 Å². The summed E-state index contributed by atoms with van der Waals surface area (Å²) in [6.07, 6.45) is -4.95. The Morgan fingerprint density at radius 1 is 1.11 bits per heavy atom. The lowest BCUT2D eigenvalue weighted by Crippen LogP contribution is -2.47. The van der Waals surface area contributed by atoms with Gasteiger partial charge in [-0.05, 0) is 48.4 Å². The second kappa shape index (κ2) is 14.3. The van der Waals surface area contributed by atoms with Gasteiger partial charge in [0.2, 0.25) is 0 Å². The number of hydrogen-bond donors (Lipinski definition) is 2. The first-order valence-electron chi connectivity index (χ1n) is 12.3. The van der Waals surface area contributed by atoms with Gasteiger partial charge < -0.3 is 20.3 Å². The lowest BCUT2D eigenvalue weighted by atomic mass is 10.1. The molecule has 2 aliphatic rings. The number of fused-ring (bicyclic) bond motifs is 1. The standard InChI is InChI=1S/C22H24ClF3N4O.C4H9BrO/c23-18-3-4-19(28-21(31)15-1-2-16-13-27-14-17(16)11-15)20(12-18)30-9-7-29(8-10-30)6-5-22(24,25)26;1-2-6-4-3-5/h1-4,11-12,27H,5-10,13-14H2,(H,28,31);2-4H2,1H3. The van der Waals surface area contributed by atoms with Crippen molar-refractivity contribution >= 4 is 44.8 Å². The van der Waals surface area contributed by atoms with Crippen LogP contribution in [0.2, 0.25) is 5.02 Å². The number of carbonyl (C=O) groups is 1. The van der Waals surface area contributed by atoms with E-state index in [-0.39, 0.29) is 12.5 Å². The monoisotopic (exact) mass is 604 g/mol. The first-order chi connectivity index (χ1) is 17.7. The molecular formula is C26H33BrClF3N4O2. The maximum Gasteiger partial charge on any atom is 0.390 e. The molecule has 2 aromatic carbocycles. The van der Waals surface area contributed by atoms with Crippen LogP contribution >= 0.6 is 27.5 Å². The summed E-state index contributed by atoms with van der Waals surface area (Å²) < 4.78 is 42.4. The van der Waals surface area contributed by atoms with E-state index < -0.39 is 12.6 Å². The van der Waals surface area contributed by atoms with Gasteiger partial charge in [0.05, 0.1) is 24.4 Å². The van der Waals surface area contributed by atoms with Gasteiger partial charge in [0, 0.05) is 68.3 Å². The molecule has 0 aliphatic carbocycles. The second-order valence-electron chi connectivity index (χ2n) is 8.78. The number of anilines is 2. The van der Waals surface area contributed by atoms with Gasteiger partial charge in [-0.1, -0.05) is 33.6 Å². The summed E-state index contributed by atoms with van der Waals surface area (Å²) in [5, 5.41) is 7.72. The summed E-state index contributed by atoms with van der Waals surface area (Å²) in [5.41, 5.74) is 4.32. The third-order valence-corrected chi connectivity index (χ3v) is 6.72. The van der Waals surface area contributed by atoms with Crippen LogP contribution in [-0.4, -0.2) is 68.3 Å². The van der Waals surface area contributed by atoms with Gasteiger partial charge in [-0.2, -0.15) is 13.2 Å². The van der Waals surface area contributed by atoms with Gasteiger partial charge in [-0.15, -0.1) is 0 Å². The molecule has 0 spiro atoms. The van der Waals surface area contributed by atoms with Gasteiger partial charge in [0.25, 0.3) is 5.91 Å². The van der Waals surface area contributed by atoms with Crippen molar-refractivity contribution in [2.75, 3.05) is 61.5 Å². The molecule has 0 radical (unpaired) electrons. The van der Waals surface area contributed by atoms with E-state index in [1.807, 2.05) is 30.0 Å². The summed E-state index contributed by atoms with van der Waals surface area (Å²) in [4.78, 5) is 16.7. The third kappa shape index (κ3) is 9.44. The van der Waals surface area contributed by atoms with Crippen LogP contribution in [0, 0.1) is 0 Å². The predicted molar refractivity (Wildman–Crippen MR) is 146 cm³/mol. The number of alkyl halides is 4. The zero-order valence-corrected chi connectivity index (χ0v) is 23.2. The maximum absolute atomic E-state index is 12.9. The Morgan fingerprint density at radius 2 is 1.84 bits per heavy atom. The smallest absolute Gasteiger partial charge is 0.381 e. The number of piperazine rings is 1. The maximum atomic E-state index is 12.9. The Balaban J connectivity index is 0.000000568. The first kappa shape index (κ1) is 29.7. The molecule has 4 rings (SSSR count). The Hall–Kier alpha value is -1.85. The van der Waals surface area contributed by atoms with Crippen molar-refractivity contribution in [3.8, 4) is 0 Å². The van der Waals surface area contributed by atoms with E-state index in [4.69, 9.17) is 16.3 Å². The Labute approximate surface area is 229 Å². The molecule has 6 nitrogen and oxygen atoms in total. The lowest BCUT2D eigenvalue weighted by molar-refractivity contribution is -0.138. The van der Waals surface area contributed by atoms with Crippen LogP contribution in [-0.2, 0) is 17.8 Å². The molecule has 0 unspecified atom stereocenters. The SMILES string of the molecule is CCOCCBr.O=C(Nc1ccc(Cl)cc1N1CCN(CCC(F)(F)F)CC1)c1ccc2c(c1)CNC2. The third-order valence-electron chi connectivity index (χ3n) is 6.16. The molecule has 2 heterocycles. The summed E-state index contributed by atoms with van der Waals surface area (Å²) in [6, 6.07) is 10.9. The molecule has 204 valence electrons. The Morgan fingerprint density at radius 3 is 2.49 bits per heavy atom. The molecule has 0 saturated carbocycles. The molecule has 0 aromatic heterocycles. The predicted octanol–water partition coefficient (Wildman–Crippen LogP) is 5.69. The molecule has 1 saturated heterocycles. The number of rotatable bonds is 8. The Bertz CT molecular complexity index is 1030. The van der Waals surface area contributed by atoms with Gasteiger partial charge >= 0.3 is 6.18 Å². The van der Waals surface area contributed by atoms with Crippen LogP contribution in [0.4, 0.5) is 24.5 Å². The van der Waals surface area contributed by atoms with Gasteiger partial charge in [0.15, 0.2) is 0 Å². The lowest BCUT2D eigenvalue weighted by Gasteiger charge is -2.37. The number of ether oxygens (including phenoxy) is 1. The zero-order valence-electron chi connectivity index (χ0n) is 20.8. The van der Waals surface area contributed by atoms with E-state index in [2.05, 4.69) is 31.5 Å². The van der Waals surface area contributed by atoms with E-state index in [9.17, 15) is 18.0 Å². The van der Waals surface area contributed by atoms with E-state index in [1.54, 1.807) is 18.2 Å². The molecule has 0 bridgehead atoms. The number of nitrogens with zero attached hydrogens (tertiary/aromatic N) is 2. The summed E-state index contributed by atoms with van der Waals surface area (Å²) in [5.74, 6) is -0.206. The van der Waals surface area contributed by atoms with Crippen LogP contribution in [0.5, 0.6) is 0 Å². The molecule has 1 fully saturated rings. The number of nitrogens with one attached hydrogen (secondary N) is 2. The minimum Gasteiger partial charge on any atom is -0.381 e. The highest BCUT2D eigenvalue weighted by atomic mass is 79.9. The molecule has 11 heteroatoms. The van der Waals surface area contributed by atoms with E-state index in [0.717, 1.165) is 42.9 Å². The van der Waals surface area contributed by atoms with Crippen molar-refractivity contribution in [1.82, 2.24) is 10.2 Å². The van der Waals surface area contributed by atoms with Gasteiger partial charge in [-0.3, -0.25) is 9.69 Å². The van der Waals surface area contributed by atoms with Crippen molar-refractivity contribution in [1.29, 1.82) is 0 Å². The first-order valence-corrected chi connectivity index (χ1v) is 13.8. The molecule has 0 atom stereocenters. The minimum absolute atomic E-state index is 0.00364. The fraction of sp³-hybridized carbons (Fsp3) is 0.500. The van der Waals surface area contributed by atoms with Crippen molar-refractivity contribution in [2.24, 2.45) is 0 Å². The van der Waals surface area contributed by atoms with Crippen LogP contribution in [0.25, 0.3) is 0 Å². The minimum atomic E-state index is -4.14. The molecule has 37 heavy (non-hydrogen) atoms. The summed E-state index contributed by atoms with van der Waals surface area (Å²) in [7, 11) is 0. The number of benzene rings is 2. The van der Waals surface area contributed by atoms with Crippen molar-refractivity contribution in [3.63, 3.8) is 0 Å². The largest absolute Gasteiger partial charge is 0.390 e. The molecule has 2 N–H and O–H groups in total. The fourth-order valence-corrected chi connectivity index (χ4v) is 4.59. The fourth-order valence-electron chi connectivity index (χ4n) is 4.20. The summed E-state index contributed by atoms with van der Waals surface area (Å²) in [6.45, 7) is 7.38. The van der Waals surface area contributed by atoms with E-state index in [1.165, 1.54) is 5.56 Å². The quantitative estimate of drug-likeness (QED) is 0.299. The number of halogens is 5. The highest BCUT2D eigenvalue weighted by Gasteiger charge is 2.29. The van der Waals surface area contributed by atoms with E-state index >= 15 is 0 Å². The second-order valence-corrected chi connectivity index (χ2v) is 10.0. The highest BCUT2D eigenvalue weighted by Crippen LogP contribution is 2.31. The zero-order chi connectivity index (χ0) is 26.8. The number of amides is 1. The molecule has 1 amide bonds. The van der Waals surface area contributed by atoms with Crippen LogP contribution in [0.15, 0.2) is 36.4 Å². The normalized spacial score (nSPS) is 15.7. The van der Waals surface area contributed by atoms with Crippen LogP contribution in [0.3, 0.4) is 0 Å². The van der Waals surface area contributed by atoms with Crippen molar-refractivity contribution in [3.05, 3.63) is 58.1 Å². The average molecular weight is 606 g/mol. The molecule has 2 aliphatic heterocycles. The number of hydrogen-bond acceptors (Lipinski definition) is 5. The summed E-state index contributed by atoms with van der Waals surface area (Å²) >= 11 is 9.43.